The first-order chi connectivity index (χ1) is 15.2. The van der Waals surface area contributed by atoms with Gasteiger partial charge in [-0.15, -0.1) is 0 Å². The highest BCUT2D eigenvalue weighted by Crippen LogP contribution is 2.31. The molecule has 2 amide bonds. The summed E-state index contributed by atoms with van der Waals surface area (Å²) in [5, 5.41) is 8.39. The van der Waals surface area contributed by atoms with E-state index >= 15 is 0 Å². The molecule has 4 rings (SSSR count). The molecule has 6 nitrogen and oxygen atoms in total. The SMILES string of the molecule is C=C(C)C1C(C(=O)Nc2cccc(Cl)c2)CCC2=NNC(=O)CN21.Cc1cccc(Cl)c1. The van der Waals surface area contributed by atoms with Gasteiger partial charge < -0.3 is 10.2 Å². The van der Waals surface area contributed by atoms with E-state index in [1.54, 1.807) is 24.3 Å². The first kappa shape index (κ1) is 23.8. The number of aryl methyl sites for hydroxylation is 1. The van der Waals surface area contributed by atoms with Crippen molar-refractivity contribution in [1.82, 2.24) is 10.3 Å². The van der Waals surface area contributed by atoms with Crippen molar-refractivity contribution < 1.29 is 9.59 Å². The Kier molecular flexibility index (Phi) is 7.94. The summed E-state index contributed by atoms with van der Waals surface area (Å²) in [4.78, 5) is 26.4. The smallest absolute Gasteiger partial charge is 0.259 e. The lowest BCUT2D eigenvalue weighted by molar-refractivity contribution is -0.126. The molecular formula is C24H26Cl2N4O2. The molecule has 0 aromatic heterocycles. The fourth-order valence-corrected chi connectivity index (χ4v) is 4.32. The molecule has 2 N–H and O–H groups in total. The maximum absolute atomic E-state index is 12.8. The molecule has 1 fully saturated rings. The van der Waals surface area contributed by atoms with E-state index in [1.165, 1.54) is 5.56 Å². The van der Waals surface area contributed by atoms with Gasteiger partial charge in [-0.3, -0.25) is 9.59 Å². The topological polar surface area (TPSA) is 73.8 Å². The van der Waals surface area contributed by atoms with Gasteiger partial charge in [-0.1, -0.05) is 53.6 Å². The van der Waals surface area contributed by atoms with E-state index in [4.69, 9.17) is 23.2 Å². The highest BCUT2D eigenvalue weighted by atomic mass is 35.5. The number of carbonyl (C=O) groups excluding carboxylic acids is 2. The van der Waals surface area contributed by atoms with Crippen molar-refractivity contribution in [2.75, 3.05) is 11.9 Å². The minimum atomic E-state index is -0.300. The van der Waals surface area contributed by atoms with Crippen LogP contribution in [0.5, 0.6) is 0 Å². The fraction of sp³-hybridized carbons (Fsp3) is 0.292. The zero-order valence-corrected chi connectivity index (χ0v) is 19.6. The van der Waals surface area contributed by atoms with Crippen LogP contribution < -0.4 is 10.7 Å². The summed E-state index contributed by atoms with van der Waals surface area (Å²) in [6, 6.07) is 14.6. The van der Waals surface area contributed by atoms with Crippen LogP contribution in [0.3, 0.4) is 0 Å². The first-order valence-electron chi connectivity index (χ1n) is 10.3. The van der Waals surface area contributed by atoms with Crippen LogP contribution in [-0.2, 0) is 9.59 Å². The van der Waals surface area contributed by atoms with Crippen molar-refractivity contribution in [3.05, 3.63) is 76.3 Å². The molecule has 8 heteroatoms. The second kappa shape index (κ2) is 10.7. The Bertz CT molecular complexity index is 1040. The summed E-state index contributed by atoms with van der Waals surface area (Å²) >= 11 is 11.6. The molecule has 0 radical (unpaired) electrons. The van der Waals surface area contributed by atoms with Crippen LogP contribution in [0, 0.1) is 12.8 Å². The van der Waals surface area contributed by atoms with Crippen LogP contribution in [0.15, 0.2) is 65.8 Å². The van der Waals surface area contributed by atoms with Gasteiger partial charge in [-0.2, -0.15) is 5.10 Å². The third kappa shape index (κ3) is 6.11. The molecule has 0 aliphatic carbocycles. The zero-order valence-electron chi connectivity index (χ0n) is 18.1. The van der Waals surface area contributed by atoms with E-state index < -0.39 is 0 Å². The second-order valence-electron chi connectivity index (χ2n) is 7.93. The summed E-state index contributed by atoms with van der Waals surface area (Å²) in [6.45, 7) is 8.11. The largest absolute Gasteiger partial charge is 0.342 e. The van der Waals surface area contributed by atoms with Crippen molar-refractivity contribution in [2.24, 2.45) is 11.0 Å². The van der Waals surface area contributed by atoms with Gasteiger partial charge in [0.25, 0.3) is 5.91 Å². The number of carbonyl (C=O) groups is 2. The molecule has 32 heavy (non-hydrogen) atoms. The molecule has 2 heterocycles. The minimum Gasteiger partial charge on any atom is -0.342 e. The summed E-state index contributed by atoms with van der Waals surface area (Å²) in [6.07, 6.45) is 1.28. The number of amides is 2. The molecule has 2 aliphatic heterocycles. The standard InChI is InChI=1S/C17H19ClN4O2.C7H7Cl/c1-10(2)16-13(6-7-14-20-21-15(23)9-22(14)16)17(24)19-12-5-3-4-11(18)8-12;1-6-3-2-4-7(8)5-6/h3-5,8,13,16H,1,6-7,9H2,2H3,(H,19,24)(H,21,23);2-5H,1H3. The summed E-state index contributed by atoms with van der Waals surface area (Å²) < 4.78 is 0. The third-order valence-electron chi connectivity index (χ3n) is 5.26. The number of rotatable bonds is 3. The number of benzene rings is 2. The number of halogens is 2. The Morgan fingerprint density at radius 3 is 2.47 bits per heavy atom. The number of nitrogens with one attached hydrogen (secondary N) is 2. The Morgan fingerprint density at radius 2 is 1.88 bits per heavy atom. The summed E-state index contributed by atoms with van der Waals surface area (Å²) in [5.41, 5.74) is 5.19. The molecule has 2 unspecified atom stereocenters. The second-order valence-corrected chi connectivity index (χ2v) is 8.80. The van der Waals surface area contributed by atoms with Crippen molar-refractivity contribution in [3.8, 4) is 0 Å². The van der Waals surface area contributed by atoms with Gasteiger partial charge in [-0.05, 0) is 56.2 Å². The van der Waals surface area contributed by atoms with Gasteiger partial charge in [0.05, 0.1) is 12.0 Å². The number of anilines is 1. The Labute approximate surface area is 198 Å². The van der Waals surface area contributed by atoms with E-state index in [9.17, 15) is 9.59 Å². The van der Waals surface area contributed by atoms with Crippen LogP contribution in [0.4, 0.5) is 5.69 Å². The van der Waals surface area contributed by atoms with Crippen LogP contribution in [0.2, 0.25) is 10.0 Å². The number of hydrazone groups is 1. The average Bonchev–Trinajstić information content (AvgIpc) is 2.73. The molecule has 0 bridgehead atoms. The fourth-order valence-electron chi connectivity index (χ4n) is 3.88. The van der Waals surface area contributed by atoms with E-state index in [0.29, 0.717) is 23.6 Å². The van der Waals surface area contributed by atoms with E-state index in [1.807, 2.05) is 43.0 Å². The lowest BCUT2D eigenvalue weighted by Gasteiger charge is -2.43. The van der Waals surface area contributed by atoms with Gasteiger partial charge in [0.15, 0.2) is 0 Å². The van der Waals surface area contributed by atoms with Crippen LogP contribution in [0.25, 0.3) is 0 Å². The Hall–Kier alpha value is -2.83. The van der Waals surface area contributed by atoms with Crippen LogP contribution >= 0.6 is 23.2 Å². The summed E-state index contributed by atoms with van der Waals surface area (Å²) in [7, 11) is 0. The maximum atomic E-state index is 12.8. The van der Waals surface area contributed by atoms with Gasteiger partial charge in [-0.25, -0.2) is 5.43 Å². The van der Waals surface area contributed by atoms with Gasteiger partial charge in [0, 0.05) is 22.2 Å². The molecule has 2 aromatic carbocycles. The number of piperidine rings is 1. The number of fused-ring (bicyclic) bond motifs is 1. The summed E-state index contributed by atoms with van der Waals surface area (Å²) in [5.74, 6) is 0.219. The average molecular weight is 473 g/mol. The molecule has 0 spiro atoms. The predicted octanol–water partition coefficient (Wildman–Crippen LogP) is 5.03. The molecule has 2 aliphatic rings. The number of nitrogens with zero attached hydrogens (tertiary/aromatic N) is 2. The molecule has 0 saturated carbocycles. The van der Waals surface area contributed by atoms with Crippen molar-refractivity contribution in [2.45, 2.75) is 32.7 Å². The Balaban J connectivity index is 0.000000305. The molecule has 2 aromatic rings. The molecular weight excluding hydrogens is 447 g/mol. The minimum absolute atomic E-state index is 0.102. The molecule has 168 valence electrons. The van der Waals surface area contributed by atoms with Crippen molar-refractivity contribution >= 4 is 46.5 Å². The van der Waals surface area contributed by atoms with Gasteiger partial charge in [0.2, 0.25) is 5.91 Å². The predicted molar refractivity (Wildman–Crippen MR) is 130 cm³/mol. The number of amidine groups is 1. The van der Waals surface area contributed by atoms with Crippen molar-refractivity contribution in [3.63, 3.8) is 0 Å². The molecule has 1 saturated heterocycles. The highest BCUT2D eigenvalue weighted by molar-refractivity contribution is 6.31. The first-order valence-corrected chi connectivity index (χ1v) is 11.1. The van der Waals surface area contributed by atoms with Gasteiger partial charge in [0.1, 0.15) is 12.4 Å². The normalized spacial score (nSPS) is 19.6. The maximum Gasteiger partial charge on any atom is 0.259 e. The molecule has 2 atom stereocenters. The van der Waals surface area contributed by atoms with Gasteiger partial charge >= 0.3 is 0 Å². The van der Waals surface area contributed by atoms with Crippen LogP contribution in [0.1, 0.15) is 25.3 Å². The van der Waals surface area contributed by atoms with E-state index in [-0.39, 0.29) is 30.3 Å². The van der Waals surface area contributed by atoms with Crippen LogP contribution in [-0.4, -0.2) is 35.1 Å². The third-order valence-corrected chi connectivity index (χ3v) is 5.74. The lowest BCUT2D eigenvalue weighted by atomic mass is 9.84. The highest BCUT2D eigenvalue weighted by Gasteiger charge is 2.41. The number of hydrogen-bond donors (Lipinski definition) is 2. The quantitative estimate of drug-likeness (QED) is 0.615. The zero-order chi connectivity index (χ0) is 23.3. The van der Waals surface area contributed by atoms with Crippen molar-refractivity contribution in [1.29, 1.82) is 0 Å². The number of hydrogen-bond acceptors (Lipinski definition) is 4. The van der Waals surface area contributed by atoms with E-state index in [2.05, 4.69) is 22.4 Å². The Morgan fingerprint density at radius 1 is 1.19 bits per heavy atom. The van der Waals surface area contributed by atoms with E-state index in [0.717, 1.165) is 16.4 Å². The monoisotopic (exact) mass is 472 g/mol. The lowest BCUT2D eigenvalue weighted by Crippen LogP contribution is -2.57.